The zero-order valence-corrected chi connectivity index (χ0v) is 12.8. The first-order valence-corrected chi connectivity index (χ1v) is 7.62. The Kier molecular flexibility index (Phi) is 4.81. The second-order valence-corrected chi connectivity index (χ2v) is 5.79. The minimum absolute atomic E-state index is 0.529. The smallest absolute Gasteiger partial charge is 0.137 e. The van der Waals surface area contributed by atoms with Crippen molar-refractivity contribution < 1.29 is 5.11 Å². The van der Waals surface area contributed by atoms with Crippen molar-refractivity contribution in [2.45, 2.75) is 52.1 Å². The molecule has 0 radical (unpaired) electrons. The minimum atomic E-state index is -0.529. The van der Waals surface area contributed by atoms with Crippen LogP contribution in [0.25, 0.3) is 0 Å². The van der Waals surface area contributed by atoms with Crippen molar-refractivity contribution >= 4 is 11.6 Å². The number of aromatic nitrogens is 2. The first kappa shape index (κ1) is 15.0. The van der Waals surface area contributed by atoms with Gasteiger partial charge in [0, 0.05) is 25.2 Å². The van der Waals surface area contributed by atoms with Crippen molar-refractivity contribution in [3.05, 3.63) is 11.9 Å². The quantitative estimate of drug-likeness (QED) is 0.864. The molecule has 0 aromatic carbocycles. The van der Waals surface area contributed by atoms with Crippen LogP contribution in [0.4, 0.5) is 11.6 Å². The zero-order chi connectivity index (χ0) is 14.6. The standard InChI is InChI=1S/C15H26N4O/c1-4-8-16-13-12(5-2)14(18-11-17-13)19-9-6-15(3,20)7-10-19/h11,20H,4-10H2,1-3H3,(H,16,17,18). The summed E-state index contributed by atoms with van der Waals surface area (Å²) in [6.45, 7) is 8.83. The highest BCUT2D eigenvalue weighted by molar-refractivity contribution is 5.59. The number of anilines is 2. The molecule has 5 heteroatoms. The molecule has 0 atom stereocenters. The Morgan fingerprint density at radius 2 is 2.00 bits per heavy atom. The van der Waals surface area contributed by atoms with Gasteiger partial charge in [-0.05, 0) is 32.6 Å². The maximum atomic E-state index is 10.1. The zero-order valence-electron chi connectivity index (χ0n) is 12.8. The summed E-state index contributed by atoms with van der Waals surface area (Å²) >= 11 is 0. The van der Waals surface area contributed by atoms with Crippen LogP contribution < -0.4 is 10.2 Å². The molecule has 0 unspecified atom stereocenters. The lowest BCUT2D eigenvalue weighted by atomic mass is 9.93. The lowest BCUT2D eigenvalue weighted by molar-refractivity contribution is 0.0350. The topological polar surface area (TPSA) is 61.3 Å². The van der Waals surface area contributed by atoms with E-state index >= 15 is 0 Å². The fourth-order valence-corrected chi connectivity index (χ4v) is 2.60. The summed E-state index contributed by atoms with van der Waals surface area (Å²) in [6.07, 6.45) is 5.21. The fraction of sp³-hybridized carbons (Fsp3) is 0.733. The molecule has 20 heavy (non-hydrogen) atoms. The third-order valence-electron chi connectivity index (χ3n) is 3.96. The van der Waals surface area contributed by atoms with Gasteiger partial charge in [-0.3, -0.25) is 0 Å². The van der Waals surface area contributed by atoms with Gasteiger partial charge < -0.3 is 15.3 Å². The van der Waals surface area contributed by atoms with Crippen molar-refractivity contribution in [3.63, 3.8) is 0 Å². The summed E-state index contributed by atoms with van der Waals surface area (Å²) in [7, 11) is 0. The molecule has 1 aromatic heterocycles. The van der Waals surface area contributed by atoms with Gasteiger partial charge in [-0.25, -0.2) is 9.97 Å². The molecule has 0 aliphatic carbocycles. The van der Waals surface area contributed by atoms with Crippen LogP contribution in [0, 0.1) is 0 Å². The summed E-state index contributed by atoms with van der Waals surface area (Å²) in [5, 5.41) is 13.4. The van der Waals surface area contributed by atoms with E-state index in [4.69, 9.17) is 0 Å². The fourth-order valence-electron chi connectivity index (χ4n) is 2.60. The van der Waals surface area contributed by atoms with Gasteiger partial charge in [0.15, 0.2) is 0 Å². The molecule has 0 spiro atoms. The van der Waals surface area contributed by atoms with Crippen LogP contribution in [-0.2, 0) is 6.42 Å². The van der Waals surface area contributed by atoms with Crippen LogP contribution in [0.3, 0.4) is 0 Å². The molecule has 1 aliphatic heterocycles. The predicted molar refractivity (Wildman–Crippen MR) is 82.3 cm³/mol. The number of hydrogen-bond donors (Lipinski definition) is 2. The maximum absolute atomic E-state index is 10.1. The van der Waals surface area contributed by atoms with E-state index in [9.17, 15) is 5.11 Å². The van der Waals surface area contributed by atoms with Gasteiger partial charge in [-0.1, -0.05) is 13.8 Å². The van der Waals surface area contributed by atoms with E-state index in [-0.39, 0.29) is 0 Å². The number of rotatable bonds is 5. The second kappa shape index (κ2) is 6.39. The Hall–Kier alpha value is -1.36. The van der Waals surface area contributed by atoms with E-state index in [0.717, 1.165) is 57.0 Å². The minimum Gasteiger partial charge on any atom is -0.390 e. The number of hydrogen-bond acceptors (Lipinski definition) is 5. The third-order valence-corrected chi connectivity index (χ3v) is 3.96. The van der Waals surface area contributed by atoms with Crippen LogP contribution in [0.1, 0.15) is 45.6 Å². The number of piperidine rings is 1. The lowest BCUT2D eigenvalue weighted by Gasteiger charge is -2.37. The molecule has 5 nitrogen and oxygen atoms in total. The summed E-state index contributed by atoms with van der Waals surface area (Å²) in [5.74, 6) is 1.98. The van der Waals surface area contributed by atoms with Crippen molar-refractivity contribution in [2.24, 2.45) is 0 Å². The Morgan fingerprint density at radius 3 is 2.60 bits per heavy atom. The lowest BCUT2D eigenvalue weighted by Crippen LogP contribution is -2.43. The van der Waals surface area contributed by atoms with E-state index in [1.54, 1.807) is 6.33 Å². The monoisotopic (exact) mass is 278 g/mol. The molecule has 1 aliphatic rings. The molecule has 0 saturated carbocycles. The summed E-state index contributed by atoms with van der Waals surface area (Å²) in [6, 6.07) is 0. The number of nitrogens with one attached hydrogen (secondary N) is 1. The largest absolute Gasteiger partial charge is 0.390 e. The molecule has 2 rings (SSSR count). The normalized spacial score (nSPS) is 18.1. The molecule has 2 N–H and O–H groups in total. The predicted octanol–water partition coefficient (Wildman–Crippen LogP) is 2.21. The molecule has 1 fully saturated rings. The van der Waals surface area contributed by atoms with Gasteiger partial charge in [-0.2, -0.15) is 0 Å². The molecular formula is C15H26N4O. The van der Waals surface area contributed by atoms with Crippen LogP contribution in [0.15, 0.2) is 6.33 Å². The number of nitrogens with zero attached hydrogens (tertiary/aromatic N) is 3. The first-order chi connectivity index (χ1) is 9.57. The highest BCUT2D eigenvalue weighted by Gasteiger charge is 2.29. The summed E-state index contributed by atoms with van der Waals surface area (Å²) in [4.78, 5) is 11.1. The van der Waals surface area contributed by atoms with E-state index in [2.05, 4.69) is 34.0 Å². The van der Waals surface area contributed by atoms with Gasteiger partial charge in [-0.15, -0.1) is 0 Å². The average molecular weight is 278 g/mol. The Balaban J connectivity index is 2.19. The first-order valence-electron chi connectivity index (χ1n) is 7.62. The molecular weight excluding hydrogens is 252 g/mol. The van der Waals surface area contributed by atoms with Crippen molar-refractivity contribution in [3.8, 4) is 0 Å². The van der Waals surface area contributed by atoms with Crippen LogP contribution in [-0.4, -0.2) is 40.3 Å². The van der Waals surface area contributed by atoms with E-state index in [1.165, 1.54) is 5.56 Å². The van der Waals surface area contributed by atoms with Gasteiger partial charge in [0.2, 0.25) is 0 Å². The van der Waals surface area contributed by atoms with Crippen LogP contribution in [0.2, 0.25) is 0 Å². The van der Waals surface area contributed by atoms with Gasteiger partial charge in [0.25, 0.3) is 0 Å². The van der Waals surface area contributed by atoms with Gasteiger partial charge >= 0.3 is 0 Å². The molecule has 2 heterocycles. The Bertz CT molecular complexity index is 437. The Morgan fingerprint density at radius 1 is 1.30 bits per heavy atom. The highest BCUT2D eigenvalue weighted by atomic mass is 16.3. The molecule has 0 amide bonds. The number of aliphatic hydroxyl groups is 1. The van der Waals surface area contributed by atoms with E-state index in [1.807, 2.05) is 6.92 Å². The summed E-state index contributed by atoms with van der Waals surface area (Å²) in [5.41, 5.74) is 0.654. The molecule has 112 valence electrons. The molecule has 0 bridgehead atoms. The van der Waals surface area contributed by atoms with Gasteiger partial charge in [0.1, 0.15) is 18.0 Å². The van der Waals surface area contributed by atoms with Crippen LogP contribution in [0.5, 0.6) is 0 Å². The molecule has 1 aromatic rings. The SMILES string of the molecule is CCCNc1ncnc(N2CCC(C)(O)CC2)c1CC. The Labute approximate surface area is 121 Å². The maximum Gasteiger partial charge on any atom is 0.137 e. The van der Waals surface area contributed by atoms with Crippen molar-refractivity contribution in [1.82, 2.24) is 9.97 Å². The van der Waals surface area contributed by atoms with Crippen molar-refractivity contribution in [1.29, 1.82) is 0 Å². The van der Waals surface area contributed by atoms with Crippen LogP contribution >= 0.6 is 0 Å². The average Bonchev–Trinajstić information content (AvgIpc) is 2.44. The van der Waals surface area contributed by atoms with Crippen molar-refractivity contribution in [2.75, 3.05) is 29.9 Å². The third kappa shape index (κ3) is 3.39. The molecule has 1 saturated heterocycles. The second-order valence-electron chi connectivity index (χ2n) is 5.79. The van der Waals surface area contributed by atoms with E-state index in [0.29, 0.717) is 0 Å². The summed E-state index contributed by atoms with van der Waals surface area (Å²) < 4.78 is 0. The van der Waals surface area contributed by atoms with Gasteiger partial charge in [0.05, 0.1) is 5.60 Å². The highest BCUT2D eigenvalue weighted by Crippen LogP contribution is 2.29. The van der Waals surface area contributed by atoms with E-state index < -0.39 is 5.60 Å².